The molecule has 4 nitrogen and oxygen atoms in total. The van der Waals surface area contributed by atoms with Crippen molar-refractivity contribution in [2.24, 2.45) is 0 Å². The predicted molar refractivity (Wildman–Crippen MR) is 72.7 cm³/mol. The van der Waals surface area contributed by atoms with Crippen LogP contribution in [0.3, 0.4) is 0 Å². The van der Waals surface area contributed by atoms with Crippen molar-refractivity contribution in [3.63, 3.8) is 0 Å². The van der Waals surface area contributed by atoms with E-state index in [2.05, 4.69) is 5.32 Å². The molecule has 108 valence electrons. The maximum absolute atomic E-state index is 13.1. The van der Waals surface area contributed by atoms with Gasteiger partial charge in [-0.2, -0.15) is 0 Å². The average Bonchev–Trinajstić information content (AvgIpc) is 2.37. The number of aromatic carboxylic acids is 1. The van der Waals surface area contributed by atoms with E-state index in [-0.39, 0.29) is 21.8 Å². The number of nitrogens with one attached hydrogen (secondary N) is 1. The summed E-state index contributed by atoms with van der Waals surface area (Å²) in [6.45, 7) is 0. The molecule has 0 heterocycles. The molecule has 0 aromatic heterocycles. The Morgan fingerprint density at radius 1 is 1.05 bits per heavy atom. The molecular formula is C14H8ClF2NO3. The molecule has 0 radical (unpaired) electrons. The highest BCUT2D eigenvalue weighted by atomic mass is 35.5. The van der Waals surface area contributed by atoms with E-state index in [1.807, 2.05) is 0 Å². The minimum absolute atomic E-state index is 0.0651. The molecule has 2 N–H and O–H groups in total. The van der Waals surface area contributed by atoms with Crippen LogP contribution >= 0.6 is 11.6 Å². The third-order valence-corrected chi connectivity index (χ3v) is 2.82. The van der Waals surface area contributed by atoms with Gasteiger partial charge in [0.05, 0.1) is 11.3 Å². The summed E-state index contributed by atoms with van der Waals surface area (Å²) >= 11 is 5.74. The number of rotatable bonds is 3. The van der Waals surface area contributed by atoms with E-state index in [0.29, 0.717) is 6.07 Å². The van der Waals surface area contributed by atoms with Crippen LogP contribution in [0.5, 0.6) is 0 Å². The number of carboxylic acid groups (broad SMARTS) is 1. The molecule has 1 amide bonds. The third-order valence-electron chi connectivity index (χ3n) is 2.58. The Kier molecular flexibility index (Phi) is 4.18. The van der Waals surface area contributed by atoms with Crippen LogP contribution in [0, 0.1) is 11.6 Å². The van der Waals surface area contributed by atoms with Gasteiger partial charge in [-0.3, -0.25) is 4.79 Å². The Balaban J connectivity index is 2.35. The number of amides is 1. The zero-order valence-corrected chi connectivity index (χ0v) is 11.1. The standard InChI is InChI=1S/C14H8ClF2NO3/c15-8-1-2-11(14(20)21)12(5-8)18-13(19)7-3-9(16)6-10(17)4-7/h1-6H,(H,18,19)(H,20,21). The predicted octanol–water partition coefficient (Wildman–Crippen LogP) is 3.57. The van der Waals surface area contributed by atoms with Crippen molar-refractivity contribution in [1.82, 2.24) is 0 Å². The fraction of sp³-hybridized carbons (Fsp3) is 0. The maximum Gasteiger partial charge on any atom is 0.337 e. The van der Waals surface area contributed by atoms with E-state index in [4.69, 9.17) is 16.7 Å². The second-order valence-electron chi connectivity index (χ2n) is 4.11. The van der Waals surface area contributed by atoms with E-state index in [1.54, 1.807) is 0 Å². The smallest absolute Gasteiger partial charge is 0.337 e. The first-order valence-electron chi connectivity index (χ1n) is 5.67. The molecule has 2 rings (SSSR count). The lowest BCUT2D eigenvalue weighted by atomic mass is 10.1. The molecular weight excluding hydrogens is 304 g/mol. The summed E-state index contributed by atoms with van der Waals surface area (Å²) in [6, 6.07) is 6.10. The molecule has 0 aliphatic carbocycles. The molecule has 0 saturated carbocycles. The van der Waals surface area contributed by atoms with Crippen LogP contribution in [0.15, 0.2) is 36.4 Å². The molecule has 0 atom stereocenters. The summed E-state index contributed by atoms with van der Waals surface area (Å²) in [6.07, 6.45) is 0. The Labute approximate surface area is 123 Å². The number of carbonyl (C=O) groups is 2. The molecule has 7 heteroatoms. The number of anilines is 1. The summed E-state index contributed by atoms with van der Waals surface area (Å²) in [5, 5.41) is 11.5. The highest BCUT2D eigenvalue weighted by molar-refractivity contribution is 6.31. The lowest BCUT2D eigenvalue weighted by Crippen LogP contribution is -2.15. The average molecular weight is 312 g/mol. The van der Waals surface area contributed by atoms with Crippen molar-refractivity contribution >= 4 is 29.2 Å². The van der Waals surface area contributed by atoms with Gasteiger partial charge in [0.25, 0.3) is 5.91 Å². The van der Waals surface area contributed by atoms with Gasteiger partial charge in [0.15, 0.2) is 0 Å². The maximum atomic E-state index is 13.1. The normalized spacial score (nSPS) is 10.2. The van der Waals surface area contributed by atoms with Crippen molar-refractivity contribution in [1.29, 1.82) is 0 Å². The number of hydrogen-bond donors (Lipinski definition) is 2. The Morgan fingerprint density at radius 2 is 1.67 bits per heavy atom. The van der Waals surface area contributed by atoms with Crippen molar-refractivity contribution in [3.8, 4) is 0 Å². The summed E-state index contributed by atoms with van der Waals surface area (Å²) in [5.74, 6) is -3.94. The Morgan fingerprint density at radius 3 is 2.24 bits per heavy atom. The lowest BCUT2D eigenvalue weighted by Gasteiger charge is -2.09. The van der Waals surface area contributed by atoms with Gasteiger partial charge in [-0.1, -0.05) is 11.6 Å². The first-order valence-corrected chi connectivity index (χ1v) is 6.05. The van der Waals surface area contributed by atoms with Crippen LogP contribution in [0.4, 0.5) is 14.5 Å². The van der Waals surface area contributed by atoms with Crippen molar-refractivity contribution in [2.45, 2.75) is 0 Å². The monoisotopic (exact) mass is 311 g/mol. The van der Waals surface area contributed by atoms with Crippen LogP contribution in [0.2, 0.25) is 5.02 Å². The van der Waals surface area contributed by atoms with Gasteiger partial charge in [0.2, 0.25) is 0 Å². The Bertz CT molecular complexity index is 714. The minimum Gasteiger partial charge on any atom is -0.478 e. The SMILES string of the molecule is O=C(Nc1cc(Cl)ccc1C(=O)O)c1cc(F)cc(F)c1. The molecule has 0 unspecified atom stereocenters. The highest BCUT2D eigenvalue weighted by Crippen LogP contribution is 2.22. The fourth-order valence-corrected chi connectivity index (χ4v) is 1.86. The van der Waals surface area contributed by atoms with Gasteiger partial charge in [0, 0.05) is 16.7 Å². The molecule has 2 aromatic rings. The quantitative estimate of drug-likeness (QED) is 0.910. The molecule has 0 spiro atoms. The molecule has 0 aliphatic rings. The van der Waals surface area contributed by atoms with Crippen LogP contribution in [0.1, 0.15) is 20.7 Å². The van der Waals surface area contributed by atoms with Crippen LogP contribution < -0.4 is 5.32 Å². The fourth-order valence-electron chi connectivity index (χ4n) is 1.69. The first-order chi connectivity index (χ1) is 9.86. The van der Waals surface area contributed by atoms with Gasteiger partial charge < -0.3 is 10.4 Å². The lowest BCUT2D eigenvalue weighted by molar-refractivity contribution is 0.0698. The second-order valence-corrected chi connectivity index (χ2v) is 4.54. The molecule has 0 aliphatic heterocycles. The zero-order valence-electron chi connectivity index (χ0n) is 10.4. The number of benzene rings is 2. The molecule has 0 fully saturated rings. The van der Waals surface area contributed by atoms with Gasteiger partial charge in [0.1, 0.15) is 11.6 Å². The van der Waals surface area contributed by atoms with E-state index in [1.165, 1.54) is 18.2 Å². The summed E-state index contributed by atoms with van der Waals surface area (Å²) in [4.78, 5) is 23.0. The van der Waals surface area contributed by atoms with E-state index in [9.17, 15) is 18.4 Å². The van der Waals surface area contributed by atoms with Gasteiger partial charge in [-0.05, 0) is 30.3 Å². The van der Waals surface area contributed by atoms with Crippen LogP contribution in [0.25, 0.3) is 0 Å². The van der Waals surface area contributed by atoms with Crippen molar-refractivity contribution < 1.29 is 23.5 Å². The van der Waals surface area contributed by atoms with Gasteiger partial charge >= 0.3 is 5.97 Å². The van der Waals surface area contributed by atoms with E-state index < -0.39 is 23.5 Å². The summed E-state index contributed by atoms with van der Waals surface area (Å²) in [7, 11) is 0. The number of carboxylic acids is 1. The topological polar surface area (TPSA) is 66.4 Å². The van der Waals surface area contributed by atoms with Gasteiger partial charge in [-0.25, -0.2) is 13.6 Å². The molecule has 0 saturated heterocycles. The van der Waals surface area contributed by atoms with Crippen molar-refractivity contribution in [2.75, 3.05) is 5.32 Å². The molecule has 21 heavy (non-hydrogen) atoms. The highest BCUT2D eigenvalue weighted by Gasteiger charge is 2.15. The van der Waals surface area contributed by atoms with E-state index in [0.717, 1.165) is 12.1 Å². The second kappa shape index (κ2) is 5.88. The van der Waals surface area contributed by atoms with Crippen LogP contribution in [-0.2, 0) is 0 Å². The summed E-state index contributed by atoms with van der Waals surface area (Å²) < 4.78 is 26.1. The van der Waals surface area contributed by atoms with Gasteiger partial charge in [-0.15, -0.1) is 0 Å². The zero-order chi connectivity index (χ0) is 15.6. The van der Waals surface area contributed by atoms with Crippen LogP contribution in [-0.4, -0.2) is 17.0 Å². The van der Waals surface area contributed by atoms with Crippen molar-refractivity contribution in [3.05, 3.63) is 64.2 Å². The number of carbonyl (C=O) groups excluding carboxylic acids is 1. The number of hydrogen-bond acceptors (Lipinski definition) is 2. The molecule has 2 aromatic carbocycles. The largest absolute Gasteiger partial charge is 0.478 e. The van der Waals surface area contributed by atoms with E-state index >= 15 is 0 Å². The molecule has 0 bridgehead atoms. The third kappa shape index (κ3) is 3.55. The number of halogens is 3. The minimum atomic E-state index is -1.27. The Hall–Kier alpha value is -2.47. The summed E-state index contributed by atoms with van der Waals surface area (Å²) in [5.41, 5.74) is -0.530. The first kappa shape index (κ1) is 14.9.